The van der Waals surface area contributed by atoms with Crippen LogP contribution in [0.15, 0.2) is 110 Å². The molecule has 2 aromatic heterocycles. The number of nitrogens with zero attached hydrogens (tertiary/aromatic N) is 3. The van der Waals surface area contributed by atoms with Gasteiger partial charge in [-0.15, -0.1) is 0 Å². The zero-order chi connectivity index (χ0) is 22.0. The Bertz CT molecular complexity index is 1400. The van der Waals surface area contributed by atoms with Crippen molar-refractivity contribution in [3.63, 3.8) is 0 Å². The summed E-state index contributed by atoms with van der Waals surface area (Å²) in [6.45, 7) is 0. The van der Waals surface area contributed by atoms with Gasteiger partial charge in [0.15, 0.2) is 0 Å². The molecule has 0 saturated carbocycles. The Morgan fingerprint density at radius 2 is 1.45 bits per heavy atom. The largest absolute Gasteiger partial charge is 0.632 e. The lowest BCUT2D eigenvalue weighted by Gasteiger charge is -2.10. The highest BCUT2D eigenvalue weighted by Gasteiger charge is 2.34. The van der Waals surface area contributed by atoms with Crippen molar-refractivity contribution < 1.29 is 14.0 Å². The molecule has 0 N–H and O–H groups in total. The molecule has 1 aliphatic rings. The van der Waals surface area contributed by atoms with E-state index in [9.17, 15) is 0 Å². The van der Waals surface area contributed by atoms with Crippen LogP contribution in [0.5, 0.6) is 23.0 Å². The molecule has 0 atom stereocenters. The summed E-state index contributed by atoms with van der Waals surface area (Å²) in [6, 6.07) is 27.1. The summed E-state index contributed by atoms with van der Waals surface area (Å²) >= 11 is 0. The Morgan fingerprint density at radius 1 is 0.727 bits per heavy atom. The van der Waals surface area contributed by atoms with E-state index < -0.39 is 7.12 Å². The van der Waals surface area contributed by atoms with Crippen LogP contribution in [0, 0.1) is 0 Å². The monoisotopic (exact) mass is 431 g/mol. The molecule has 0 aliphatic carbocycles. The second-order valence-corrected chi connectivity index (χ2v) is 7.60. The van der Waals surface area contributed by atoms with Gasteiger partial charge in [-0.1, -0.05) is 30.3 Å². The van der Waals surface area contributed by atoms with Crippen LogP contribution in [-0.4, -0.2) is 21.9 Å². The van der Waals surface area contributed by atoms with Crippen molar-refractivity contribution in [1.29, 1.82) is 0 Å². The number of ether oxygens (including phenoxy) is 1. The zero-order valence-corrected chi connectivity index (χ0v) is 17.5. The Morgan fingerprint density at radius 3 is 2.24 bits per heavy atom. The summed E-state index contributed by atoms with van der Waals surface area (Å²) in [5.74, 6) is 2.90. The van der Waals surface area contributed by atoms with Gasteiger partial charge in [-0.2, -0.15) is 5.10 Å². The van der Waals surface area contributed by atoms with Gasteiger partial charge in [0.25, 0.3) is 0 Å². The quantitative estimate of drug-likeness (QED) is 0.371. The lowest BCUT2D eigenvalue weighted by molar-refractivity contribution is 0.481. The lowest BCUT2D eigenvalue weighted by Crippen LogP contribution is -2.38. The Labute approximate surface area is 191 Å². The standard InChI is InChI=1S/C26H18BN3O3/c1-2-10-26-25(9-1)32-27(33-26)21-5-3-7-23(15-21)31-24-8-4-6-22(16-24)30-18-20(17-29-30)19-11-13-28-14-12-19/h1-18H. The second kappa shape index (κ2) is 8.20. The summed E-state index contributed by atoms with van der Waals surface area (Å²) < 4.78 is 19.8. The summed E-state index contributed by atoms with van der Waals surface area (Å²) in [5, 5.41) is 4.50. The van der Waals surface area contributed by atoms with E-state index in [1.54, 1.807) is 12.4 Å². The average molecular weight is 431 g/mol. The molecule has 1 aliphatic heterocycles. The van der Waals surface area contributed by atoms with Crippen molar-refractivity contribution in [2.24, 2.45) is 0 Å². The van der Waals surface area contributed by atoms with E-state index in [4.69, 9.17) is 14.0 Å². The van der Waals surface area contributed by atoms with Gasteiger partial charge < -0.3 is 14.0 Å². The molecule has 158 valence electrons. The molecule has 0 unspecified atom stereocenters. The summed E-state index contributed by atoms with van der Waals surface area (Å²) in [4.78, 5) is 4.07. The molecule has 0 bridgehead atoms. The van der Waals surface area contributed by atoms with Gasteiger partial charge >= 0.3 is 7.12 Å². The second-order valence-electron chi connectivity index (χ2n) is 7.60. The molecule has 0 spiro atoms. The SMILES string of the molecule is c1cc(Oc2cccc(-n3cc(-c4ccncc4)cn3)c2)cc(B2Oc3ccccc3O2)c1. The van der Waals surface area contributed by atoms with Crippen LogP contribution in [0.4, 0.5) is 0 Å². The van der Waals surface area contributed by atoms with E-state index in [2.05, 4.69) is 10.1 Å². The molecule has 0 radical (unpaired) electrons. The van der Waals surface area contributed by atoms with Crippen LogP contribution in [0.3, 0.4) is 0 Å². The number of hydrogen-bond donors (Lipinski definition) is 0. The van der Waals surface area contributed by atoms with Gasteiger partial charge in [0, 0.05) is 35.7 Å². The van der Waals surface area contributed by atoms with Gasteiger partial charge in [0.2, 0.25) is 0 Å². The van der Waals surface area contributed by atoms with Crippen molar-refractivity contribution in [1.82, 2.24) is 14.8 Å². The van der Waals surface area contributed by atoms with Crippen LogP contribution in [-0.2, 0) is 0 Å². The smallest absolute Gasteiger partial charge is 0.519 e. The molecule has 33 heavy (non-hydrogen) atoms. The third-order valence-electron chi connectivity index (χ3n) is 5.36. The molecule has 6 rings (SSSR count). The summed E-state index contributed by atoms with van der Waals surface area (Å²) in [5.41, 5.74) is 3.88. The first-order chi connectivity index (χ1) is 16.3. The number of fused-ring (bicyclic) bond motifs is 1. The number of benzene rings is 3. The van der Waals surface area contributed by atoms with E-state index in [1.807, 2.05) is 102 Å². The maximum absolute atomic E-state index is 6.15. The Balaban J connectivity index is 1.21. The Hall–Kier alpha value is -4.52. The molecular formula is C26H18BN3O3. The molecular weight excluding hydrogens is 413 g/mol. The number of para-hydroxylation sites is 2. The van der Waals surface area contributed by atoms with Gasteiger partial charge in [-0.3, -0.25) is 4.98 Å². The molecule has 5 aromatic rings. The predicted molar refractivity (Wildman–Crippen MR) is 126 cm³/mol. The van der Waals surface area contributed by atoms with Crippen LogP contribution in [0.25, 0.3) is 16.8 Å². The Kier molecular flexibility index (Phi) is 4.77. The maximum atomic E-state index is 6.15. The first-order valence-electron chi connectivity index (χ1n) is 10.6. The minimum atomic E-state index is -0.493. The van der Waals surface area contributed by atoms with Gasteiger partial charge in [-0.05, 0) is 54.1 Å². The molecule has 3 heterocycles. The minimum Gasteiger partial charge on any atom is -0.519 e. The first-order valence-corrected chi connectivity index (χ1v) is 10.6. The number of pyridine rings is 1. The summed E-state index contributed by atoms with van der Waals surface area (Å²) in [6.07, 6.45) is 7.37. The fraction of sp³-hybridized carbons (Fsp3) is 0. The average Bonchev–Trinajstić information content (AvgIpc) is 3.53. The molecule has 7 heteroatoms. The number of hydrogen-bond acceptors (Lipinski definition) is 5. The minimum absolute atomic E-state index is 0.493. The van der Waals surface area contributed by atoms with Crippen molar-refractivity contribution >= 4 is 12.6 Å². The van der Waals surface area contributed by atoms with Crippen LogP contribution in [0.2, 0.25) is 0 Å². The highest BCUT2D eigenvalue weighted by Crippen LogP contribution is 2.33. The van der Waals surface area contributed by atoms with E-state index in [1.165, 1.54) is 0 Å². The van der Waals surface area contributed by atoms with Gasteiger partial charge in [0.1, 0.15) is 23.0 Å². The summed E-state index contributed by atoms with van der Waals surface area (Å²) in [7, 11) is -0.493. The lowest BCUT2D eigenvalue weighted by atomic mass is 9.79. The fourth-order valence-corrected chi connectivity index (χ4v) is 3.74. The zero-order valence-electron chi connectivity index (χ0n) is 17.5. The topological polar surface area (TPSA) is 58.4 Å². The van der Waals surface area contributed by atoms with E-state index in [0.717, 1.165) is 33.8 Å². The normalized spacial score (nSPS) is 12.1. The first kappa shape index (κ1) is 19.2. The van der Waals surface area contributed by atoms with Crippen LogP contribution < -0.4 is 19.5 Å². The fourth-order valence-electron chi connectivity index (χ4n) is 3.74. The molecule has 0 fully saturated rings. The molecule has 6 nitrogen and oxygen atoms in total. The highest BCUT2D eigenvalue weighted by molar-refractivity contribution is 6.63. The third kappa shape index (κ3) is 3.92. The predicted octanol–water partition coefficient (Wildman–Crippen LogP) is 4.89. The van der Waals surface area contributed by atoms with Gasteiger partial charge in [-0.25, -0.2) is 4.68 Å². The van der Waals surface area contributed by atoms with Crippen molar-refractivity contribution in [3.05, 3.63) is 110 Å². The molecule has 0 amide bonds. The number of rotatable bonds is 5. The third-order valence-corrected chi connectivity index (χ3v) is 5.36. The molecule has 3 aromatic carbocycles. The van der Waals surface area contributed by atoms with Crippen molar-refractivity contribution in [3.8, 4) is 39.8 Å². The van der Waals surface area contributed by atoms with Crippen LogP contribution >= 0.6 is 0 Å². The molecule has 0 saturated heterocycles. The number of aromatic nitrogens is 3. The van der Waals surface area contributed by atoms with Crippen LogP contribution in [0.1, 0.15) is 0 Å². The van der Waals surface area contributed by atoms with Gasteiger partial charge in [0.05, 0.1) is 11.9 Å². The maximum Gasteiger partial charge on any atom is 0.632 e. The highest BCUT2D eigenvalue weighted by atomic mass is 16.6. The van der Waals surface area contributed by atoms with E-state index in [-0.39, 0.29) is 0 Å². The van der Waals surface area contributed by atoms with E-state index >= 15 is 0 Å². The van der Waals surface area contributed by atoms with E-state index in [0.29, 0.717) is 11.5 Å². The van der Waals surface area contributed by atoms with Crippen molar-refractivity contribution in [2.75, 3.05) is 0 Å². The van der Waals surface area contributed by atoms with Crippen molar-refractivity contribution in [2.45, 2.75) is 0 Å².